The summed E-state index contributed by atoms with van der Waals surface area (Å²) in [6.07, 6.45) is -2.07. The van der Waals surface area contributed by atoms with Crippen LogP contribution in [0, 0.1) is 34.0 Å². The Morgan fingerprint density at radius 2 is 1.82 bits per heavy atom. The van der Waals surface area contributed by atoms with Gasteiger partial charge in [-0.25, -0.2) is 0 Å². The largest absolute Gasteiger partial charge is 0.515 e. The van der Waals surface area contributed by atoms with Gasteiger partial charge in [0.25, 0.3) is 0 Å². The van der Waals surface area contributed by atoms with Crippen molar-refractivity contribution in [3.63, 3.8) is 0 Å². The van der Waals surface area contributed by atoms with Crippen molar-refractivity contribution in [2.75, 3.05) is 6.61 Å². The predicted octanol–water partition coefficient (Wildman–Crippen LogP) is 0.495. The molecule has 3 N–H and O–H groups in total. The number of aliphatic hydroxyl groups excluding tert-OH is 3. The van der Waals surface area contributed by atoms with Crippen molar-refractivity contribution in [1.82, 2.24) is 0 Å². The maximum absolute atomic E-state index is 13.6. The molecule has 150 valence electrons. The molecule has 6 rings (SSSR count). The van der Waals surface area contributed by atoms with Gasteiger partial charge in [-0.3, -0.25) is 14.4 Å². The number of hydrogen-bond acceptors (Lipinski definition) is 7. The average molecular weight is 388 g/mol. The maximum atomic E-state index is 13.6. The van der Waals surface area contributed by atoms with Crippen LogP contribution in [0.25, 0.3) is 0 Å². The lowest BCUT2D eigenvalue weighted by atomic mass is 9.37. The van der Waals surface area contributed by atoms with E-state index in [4.69, 9.17) is 4.74 Å². The van der Waals surface area contributed by atoms with Gasteiger partial charge in [-0.2, -0.15) is 0 Å². The minimum Gasteiger partial charge on any atom is -0.515 e. The quantitative estimate of drug-likeness (QED) is 0.314. The lowest BCUT2D eigenvalue weighted by Crippen LogP contribution is -2.79. The molecule has 0 amide bonds. The Kier molecular flexibility index (Phi) is 3.26. The van der Waals surface area contributed by atoms with E-state index in [1.165, 1.54) is 0 Å². The van der Waals surface area contributed by atoms with E-state index >= 15 is 0 Å². The number of rotatable bonds is 0. The van der Waals surface area contributed by atoms with E-state index in [2.05, 4.69) is 6.58 Å². The summed E-state index contributed by atoms with van der Waals surface area (Å²) in [6.45, 7) is 7.37. The number of carbonyl (C=O) groups excluding carboxylic acids is 3. The van der Waals surface area contributed by atoms with Gasteiger partial charge in [-0.15, -0.1) is 0 Å². The zero-order chi connectivity index (χ0) is 20.4. The molecule has 7 heteroatoms. The summed E-state index contributed by atoms with van der Waals surface area (Å²) < 4.78 is 5.97. The standard InChI is InChI=1S/C21H24O7/c1-8-9-4-5-11-20-7-28-18(10(6-22)15(20)25)19(2,3)13(20)12(23)17(27)21(11,14(8)24)16(9)26/h6,9,11-13,16,18,22-23,26H,1,4-5,7H2,2-3H3/b10-6+/t9-,11-,12-,13+,16+,18+,20?,21-/m0/s1. The second-order valence-electron chi connectivity index (χ2n) is 9.66. The molecular weight excluding hydrogens is 364 g/mol. The number of hydrogen-bond donors (Lipinski definition) is 3. The number of fused-ring (bicyclic) bond motifs is 3. The van der Waals surface area contributed by atoms with E-state index in [1.54, 1.807) is 13.8 Å². The summed E-state index contributed by atoms with van der Waals surface area (Å²) in [5.74, 6) is -3.74. The van der Waals surface area contributed by atoms with E-state index < -0.39 is 63.9 Å². The van der Waals surface area contributed by atoms with Crippen molar-refractivity contribution in [3.05, 3.63) is 24.0 Å². The second-order valence-corrected chi connectivity index (χ2v) is 9.66. The monoisotopic (exact) mass is 388 g/mol. The van der Waals surface area contributed by atoms with Crippen molar-refractivity contribution in [2.45, 2.75) is 45.0 Å². The second kappa shape index (κ2) is 5.01. The van der Waals surface area contributed by atoms with E-state index in [-0.39, 0.29) is 23.5 Å². The van der Waals surface area contributed by atoms with Crippen molar-refractivity contribution in [1.29, 1.82) is 0 Å². The molecule has 28 heavy (non-hydrogen) atoms. The lowest BCUT2D eigenvalue weighted by molar-refractivity contribution is -0.262. The van der Waals surface area contributed by atoms with Gasteiger partial charge in [0.1, 0.15) is 11.5 Å². The molecule has 0 aromatic heterocycles. The summed E-state index contributed by atoms with van der Waals surface area (Å²) >= 11 is 0. The summed E-state index contributed by atoms with van der Waals surface area (Å²) in [6, 6.07) is 0. The predicted molar refractivity (Wildman–Crippen MR) is 95.0 cm³/mol. The van der Waals surface area contributed by atoms with Gasteiger partial charge in [0.05, 0.1) is 36.1 Å². The normalized spacial score (nSPS) is 52.8. The highest BCUT2D eigenvalue weighted by Gasteiger charge is 2.82. The van der Waals surface area contributed by atoms with Crippen LogP contribution < -0.4 is 0 Å². The average Bonchev–Trinajstić information content (AvgIpc) is 2.75. The number of ether oxygens (including phenoxy) is 1. The molecule has 4 bridgehead atoms. The highest BCUT2D eigenvalue weighted by atomic mass is 16.5. The molecule has 2 aliphatic heterocycles. The molecule has 2 heterocycles. The molecule has 4 aliphatic carbocycles. The zero-order valence-electron chi connectivity index (χ0n) is 15.8. The third kappa shape index (κ3) is 1.49. The Morgan fingerprint density at radius 3 is 2.46 bits per heavy atom. The smallest absolute Gasteiger partial charge is 0.178 e. The molecule has 1 unspecified atom stereocenters. The summed E-state index contributed by atoms with van der Waals surface area (Å²) in [4.78, 5) is 40.3. The molecule has 6 aliphatic rings. The van der Waals surface area contributed by atoms with Crippen LogP contribution in [0.5, 0.6) is 0 Å². The van der Waals surface area contributed by atoms with E-state index in [9.17, 15) is 29.7 Å². The Hall–Kier alpha value is -1.83. The van der Waals surface area contributed by atoms with Gasteiger partial charge in [-0.1, -0.05) is 20.4 Å². The first kappa shape index (κ1) is 18.2. The Balaban J connectivity index is 1.83. The van der Waals surface area contributed by atoms with E-state index in [0.717, 1.165) is 6.26 Å². The molecule has 0 aromatic rings. The molecule has 2 spiro atoms. The van der Waals surface area contributed by atoms with E-state index in [1.807, 2.05) is 0 Å². The topological polar surface area (TPSA) is 121 Å². The van der Waals surface area contributed by atoms with Crippen LogP contribution in [0.4, 0.5) is 0 Å². The maximum Gasteiger partial charge on any atom is 0.178 e. The summed E-state index contributed by atoms with van der Waals surface area (Å²) in [5, 5.41) is 32.0. The highest BCUT2D eigenvalue weighted by molar-refractivity contribution is 6.21. The Labute approximate surface area is 162 Å². The van der Waals surface area contributed by atoms with Gasteiger partial charge >= 0.3 is 0 Å². The van der Waals surface area contributed by atoms with E-state index in [0.29, 0.717) is 12.8 Å². The van der Waals surface area contributed by atoms with Gasteiger partial charge < -0.3 is 20.1 Å². The molecule has 7 nitrogen and oxygen atoms in total. The number of ketones is 3. The van der Waals surface area contributed by atoms with Gasteiger partial charge in [0.2, 0.25) is 0 Å². The first-order valence-corrected chi connectivity index (χ1v) is 9.74. The lowest BCUT2D eigenvalue weighted by Gasteiger charge is -2.68. The first-order chi connectivity index (χ1) is 13.1. The van der Waals surface area contributed by atoms with Crippen molar-refractivity contribution in [3.8, 4) is 0 Å². The van der Waals surface area contributed by atoms with Crippen LogP contribution in [0.3, 0.4) is 0 Å². The third-order valence-electron chi connectivity index (χ3n) is 8.52. The molecule has 0 aromatic carbocycles. The van der Waals surface area contributed by atoms with Gasteiger partial charge in [0.15, 0.2) is 17.3 Å². The molecule has 6 fully saturated rings. The number of aliphatic hydroxyl groups is 3. The fraction of sp³-hybridized carbons (Fsp3) is 0.667. The minimum atomic E-state index is -1.87. The third-order valence-corrected chi connectivity index (χ3v) is 8.52. The van der Waals surface area contributed by atoms with Crippen LogP contribution in [0.2, 0.25) is 0 Å². The van der Waals surface area contributed by atoms with Crippen LogP contribution in [-0.2, 0) is 19.1 Å². The highest BCUT2D eigenvalue weighted by Crippen LogP contribution is 2.71. The minimum absolute atomic E-state index is 0.0458. The summed E-state index contributed by atoms with van der Waals surface area (Å²) in [7, 11) is 0. The first-order valence-electron chi connectivity index (χ1n) is 9.74. The Morgan fingerprint density at radius 1 is 1.14 bits per heavy atom. The van der Waals surface area contributed by atoms with Crippen LogP contribution >= 0.6 is 0 Å². The molecule has 2 saturated heterocycles. The fourth-order valence-corrected chi connectivity index (χ4v) is 7.56. The summed E-state index contributed by atoms with van der Waals surface area (Å²) in [5.41, 5.74) is -3.74. The fourth-order valence-electron chi connectivity index (χ4n) is 7.56. The molecule has 4 saturated carbocycles. The van der Waals surface area contributed by atoms with Crippen LogP contribution in [0.1, 0.15) is 26.7 Å². The van der Waals surface area contributed by atoms with Gasteiger partial charge in [0, 0.05) is 17.3 Å². The van der Waals surface area contributed by atoms with Crippen molar-refractivity contribution in [2.24, 2.45) is 34.0 Å². The molecule has 0 radical (unpaired) electrons. The van der Waals surface area contributed by atoms with Crippen molar-refractivity contribution < 1.29 is 34.4 Å². The molecular formula is C21H24O7. The van der Waals surface area contributed by atoms with Crippen LogP contribution in [-0.4, -0.2) is 57.6 Å². The SMILES string of the molecule is C=C1C(=O)[C@@]23C(=O)[C@@H](O)[C@@H]4C(C)(C)[C@@H]5OCC4(C(=O)/C5=C\O)[C@@H]2CC[C@@H]1[C@H]3O. The molecule has 8 atom stereocenters. The van der Waals surface area contributed by atoms with Gasteiger partial charge in [-0.05, 0) is 24.3 Å². The number of Topliss-reactive ketones (excluding diaryl/α,β-unsaturated/α-hetero) is 3. The number of carbonyl (C=O) groups is 3. The van der Waals surface area contributed by atoms with Crippen LogP contribution in [0.15, 0.2) is 24.0 Å². The Bertz CT molecular complexity index is 885. The van der Waals surface area contributed by atoms with Crippen molar-refractivity contribution >= 4 is 17.3 Å². The zero-order valence-corrected chi connectivity index (χ0v) is 15.8.